The van der Waals surface area contributed by atoms with Crippen molar-refractivity contribution >= 4 is 11.8 Å². The second-order valence-electron chi connectivity index (χ2n) is 7.29. The molecule has 3 aromatic heterocycles. The molecule has 9 nitrogen and oxygen atoms in total. The summed E-state index contributed by atoms with van der Waals surface area (Å²) in [6.45, 7) is -0.0339. The highest BCUT2D eigenvalue weighted by atomic mass is 19.4. The summed E-state index contributed by atoms with van der Waals surface area (Å²) in [4.78, 5) is 18.9. The number of benzene rings is 1. The van der Waals surface area contributed by atoms with Crippen LogP contribution in [0.3, 0.4) is 0 Å². The highest BCUT2D eigenvalue weighted by molar-refractivity contribution is 5.77. The number of hydrogen-bond acceptors (Lipinski definition) is 7. The Morgan fingerprint density at radius 2 is 1.91 bits per heavy atom. The second kappa shape index (κ2) is 9.48. The Balaban J connectivity index is 1.71. The molecule has 0 aliphatic rings. The zero-order valence-corrected chi connectivity index (χ0v) is 17.5. The average molecular weight is 494 g/mol. The Labute approximate surface area is 193 Å². The van der Waals surface area contributed by atoms with Gasteiger partial charge in [-0.05, 0) is 12.1 Å². The lowest BCUT2D eigenvalue weighted by Gasteiger charge is -2.17. The zero-order valence-electron chi connectivity index (χ0n) is 17.5. The number of carbonyl (C=O) groups is 1. The number of rotatable bonds is 8. The van der Waals surface area contributed by atoms with E-state index in [0.717, 1.165) is 0 Å². The van der Waals surface area contributed by atoms with Gasteiger partial charge in [0.25, 0.3) is 0 Å². The molecule has 0 fully saturated rings. The van der Waals surface area contributed by atoms with E-state index in [1.54, 1.807) is 12.1 Å². The predicted octanol–water partition coefficient (Wildman–Crippen LogP) is 4.14. The Morgan fingerprint density at radius 3 is 2.57 bits per heavy atom. The van der Waals surface area contributed by atoms with Crippen LogP contribution in [-0.4, -0.2) is 48.2 Å². The first-order chi connectivity index (χ1) is 16.6. The molecule has 35 heavy (non-hydrogen) atoms. The number of carboxylic acids is 1. The smallest absolute Gasteiger partial charge is 0.391 e. The zero-order chi connectivity index (χ0) is 25.2. The second-order valence-corrected chi connectivity index (χ2v) is 7.29. The average Bonchev–Trinajstić information content (AvgIpc) is 3.45. The molecule has 0 spiro atoms. The lowest BCUT2D eigenvalue weighted by Crippen LogP contribution is -2.35. The highest BCUT2D eigenvalue weighted by Crippen LogP contribution is 2.27. The summed E-state index contributed by atoms with van der Waals surface area (Å²) in [5.41, 5.74) is 1.03. The molecule has 0 radical (unpaired) electrons. The summed E-state index contributed by atoms with van der Waals surface area (Å²) in [5.74, 6) is -4.46. The monoisotopic (exact) mass is 494 g/mol. The molecule has 0 saturated carbocycles. The largest absolute Gasteiger partial charge is 0.480 e. The number of nitrogens with zero attached hydrogens (tertiary/aromatic N) is 5. The van der Waals surface area contributed by atoms with Crippen LogP contribution in [0.4, 0.5) is 27.8 Å². The summed E-state index contributed by atoms with van der Waals surface area (Å²) in [7, 11) is 0. The van der Waals surface area contributed by atoms with Gasteiger partial charge in [-0.3, -0.25) is 4.68 Å². The van der Waals surface area contributed by atoms with Gasteiger partial charge >= 0.3 is 12.1 Å². The minimum Gasteiger partial charge on any atom is -0.480 e. The molecular weight excluding hydrogens is 479 g/mol. The van der Waals surface area contributed by atoms with E-state index in [0.29, 0.717) is 23.1 Å². The molecule has 182 valence electrons. The number of hydrogen-bond donors (Lipinski definition) is 2. The van der Waals surface area contributed by atoms with E-state index >= 15 is 0 Å². The number of nitrogens with one attached hydrogen (secondary N) is 1. The van der Waals surface area contributed by atoms with E-state index in [1.165, 1.54) is 35.2 Å². The molecule has 0 aliphatic heterocycles. The number of aromatic nitrogens is 5. The van der Waals surface area contributed by atoms with Gasteiger partial charge in [0, 0.05) is 11.6 Å². The predicted molar refractivity (Wildman–Crippen MR) is 110 cm³/mol. The highest BCUT2D eigenvalue weighted by Gasteiger charge is 2.36. The van der Waals surface area contributed by atoms with Crippen LogP contribution in [0.25, 0.3) is 22.9 Å². The topological polar surface area (TPSA) is 119 Å². The Kier molecular flexibility index (Phi) is 6.44. The molecule has 4 aromatic rings. The van der Waals surface area contributed by atoms with Crippen LogP contribution >= 0.6 is 0 Å². The van der Waals surface area contributed by atoms with E-state index in [-0.39, 0.29) is 18.1 Å². The normalized spacial score (nSPS) is 12.5. The molecule has 14 heteroatoms. The van der Waals surface area contributed by atoms with Crippen molar-refractivity contribution in [3.05, 3.63) is 66.1 Å². The minimum atomic E-state index is -4.82. The molecular formula is C21H15F5N6O3. The van der Waals surface area contributed by atoms with Crippen molar-refractivity contribution in [3.8, 4) is 22.9 Å². The van der Waals surface area contributed by atoms with Crippen molar-refractivity contribution in [1.82, 2.24) is 24.9 Å². The number of anilines is 1. The van der Waals surface area contributed by atoms with Crippen molar-refractivity contribution in [2.45, 2.75) is 25.2 Å². The molecule has 0 aliphatic carbocycles. The van der Waals surface area contributed by atoms with Gasteiger partial charge in [-0.15, -0.1) is 0 Å². The van der Waals surface area contributed by atoms with Crippen LogP contribution in [0.2, 0.25) is 0 Å². The fourth-order valence-corrected chi connectivity index (χ4v) is 3.17. The first kappa shape index (κ1) is 23.8. The Morgan fingerprint density at radius 1 is 1.14 bits per heavy atom. The van der Waals surface area contributed by atoms with E-state index in [9.17, 15) is 26.7 Å². The van der Waals surface area contributed by atoms with Gasteiger partial charge in [0.05, 0.1) is 24.9 Å². The fraction of sp³-hybridized carbons (Fsp3) is 0.190. The SMILES string of the molecule is O=C(O)C(CC(F)(F)F)Nc1nc(-c2cc(-c3ccon3)n(Cc3ccccc3F)n2)ncc1F. The molecule has 3 heterocycles. The third-order valence-corrected chi connectivity index (χ3v) is 4.78. The fourth-order valence-electron chi connectivity index (χ4n) is 3.17. The molecule has 1 unspecified atom stereocenters. The molecule has 0 bridgehead atoms. The van der Waals surface area contributed by atoms with Gasteiger partial charge in [-0.1, -0.05) is 23.4 Å². The number of halogens is 5. The van der Waals surface area contributed by atoms with Crippen LogP contribution in [0.1, 0.15) is 12.0 Å². The Bertz CT molecular complexity index is 1340. The van der Waals surface area contributed by atoms with Gasteiger partial charge < -0.3 is 14.9 Å². The van der Waals surface area contributed by atoms with Gasteiger partial charge in [0.1, 0.15) is 29.5 Å². The van der Waals surface area contributed by atoms with Crippen LogP contribution in [0.15, 0.2) is 53.4 Å². The van der Waals surface area contributed by atoms with E-state index in [2.05, 4.69) is 20.2 Å². The van der Waals surface area contributed by atoms with E-state index in [1.807, 2.05) is 5.32 Å². The quantitative estimate of drug-likeness (QED) is 0.351. The van der Waals surface area contributed by atoms with Crippen LogP contribution in [0.5, 0.6) is 0 Å². The lowest BCUT2D eigenvalue weighted by molar-refractivity contribution is -0.154. The summed E-state index contributed by atoms with van der Waals surface area (Å²) < 4.78 is 72.8. The van der Waals surface area contributed by atoms with Crippen LogP contribution < -0.4 is 5.32 Å². The number of alkyl halides is 3. The van der Waals surface area contributed by atoms with Crippen molar-refractivity contribution < 1.29 is 36.4 Å². The van der Waals surface area contributed by atoms with Gasteiger partial charge in [0.15, 0.2) is 17.5 Å². The van der Waals surface area contributed by atoms with Gasteiger partial charge in [-0.25, -0.2) is 23.5 Å². The first-order valence-corrected chi connectivity index (χ1v) is 9.92. The first-order valence-electron chi connectivity index (χ1n) is 9.92. The van der Waals surface area contributed by atoms with Crippen LogP contribution in [0, 0.1) is 11.6 Å². The van der Waals surface area contributed by atoms with Crippen molar-refractivity contribution in [1.29, 1.82) is 0 Å². The lowest BCUT2D eigenvalue weighted by atomic mass is 10.2. The van der Waals surface area contributed by atoms with Crippen molar-refractivity contribution in [2.75, 3.05) is 5.32 Å². The molecule has 4 rings (SSSR count). The van der Waals surface area contributed by atoms with Crippen LogP contribution in [-0.2, 0) is 11.3 Å². The van der Waals surface area contributed by atoms with Crippen molar-refractivity contribution in [3.63, 3.8) is 0 Å². The molecule has 2 N–H and O–H groups in total. The summed E-state index contributed by atoms with van der Waals surface area (Å²) in [6, 6.07) is 6.76. The number of carboxylic acid groups (broad SMARTS) is 1. The molecule has 0 saturated heterocycles. The summed E-state index contributed by atoms with van der Waals surface area (Å²) in [6.07, 6.45) is -4.60. The van der Waals surface area contributed by atoms with E-state index in [4.69, 9.17) is 9.63 Å². The standard InChI is InChI=1S/C21H15F5N6O3/c22-12-4-2-1-3-11(12)10-32-17(14-5-6-35-31-14)7-15(30-32)19-27-9-13(23)18(29-19)28-16(20(33)34)8-21(24,25)26/h1-7,9,16H,8,10H2,(H,33,34)(H,27,28,29). The Hall–Kier alpha value is -4.36. The van der Waals surface area contributed by atoms with Gasteiger partial charge in [0.2, 0.25) is 0 Å². The maximum absolute atomic E-state index is 14.2. The maximum atomic E-state index is 14.2. The van der Waals surface area contributed by atoms with E-state index < -0.39 is 42.1 Å². The molecule has 1 aromatic carbocycles. The maximum Gasteiger partial charge on any atom is 0.391 e. The third kappa shape index (κ3) is 5.59. The summed E-state index contributed by atoms with van der Waals surface area (Å²) in [5, 5.41) is 19.2. The third-order valence-electron chi connectivity index (χ3n) is 4.78. The molecule has 0 amide bonds. The summed E-state index contributed by atoms with van der Waals surface area (Å²) >= 11 is 0. The minimum absolute atomic E-state index is 0.0339. The number of aliphatic carboxylic acids is 1. The van der Waals surface area contributed by atoms with Gasteiger partial charge in [-0.2, -0.15) is 18.3 Å². The van der Waals surface area contributed by atoms with Crippen molar-refractivity contribution in [2.24, 2.45) is 0 Å². The molecule has 1 atom stereocenters.